The number of hydrogen-bond donors (Lipinski definition) is 1. The van der Waals surface area contributed by atoms with Crippen molar-refractivity contribution in [3.8, 4) is 11.4 Å². The highest BCUT2D eigenvalue weighted by Gasteiger charge is 2.15. The predicted octanol–water partition coefficient (Wildman–Crippen LogP) is 1.08. The van der Waals surface area contributed by atoms with Crippen molar-refractivity contribution in [1.82, 2.24) is 25.0 Å². The van der Waals surface area contributed by atoms with Crippen molar-refractivity contribution >= 4 is 21.7 Å². The minimum atomic E-state index is 0.655. The smallest absolute Gasteiger partial charge is 0.158 e. The van der Waals surface area contributed by atoms with Crippen molar-refractivity contribution in [3.05, 3.63) is 17.0 Å². The molecule has 0 saturated heterocycles. The van der Waals surface area contributed by atoms with E-state index in [4.69, 9.17) is 0 Å². The van der Waals surface area contributed by atoms with Crippen LogP contribution in [-0.4, -0.2) is 32.0 Å². The molecular weight excluding hydrogens is 260 g/mol. The third-order valence-electron chi connectivity index (χ3n) is 1.95. The first-order valence-electron chi connectivity index (χ1n) is 4.28. The third kappa shape index (κ3) is 1.70. The molecule has 0 aromatic carbocycles. The quantitative estimate of drug-likeness (QED) is 0.883. The average Bonchev–Trinajstić information content (AvgIpc) is 2.59. The highest BCUT2D eigenvalue weighted by Crippen LogP contribution is 2.27. The van der Waals surface area contributed by atoms with Crippen molar-refractivity contribution in [2.75, 3.05) is 12.4 Å². The maximum atomic E-state index is 4.26. The summed E-state index contributed by atoms with van der Waals surface area (Å²) in [7, 11) is 3.60. The van der Waals surface area contributed by atoms with Gasteiger partial charge in [-0.3, -0.25) is 0 Å². The van der Waals surface area contributed by atoms with Crippen molar-refractivity contribution in [2.45, 2.75) is 0 Å². The Bertz CT molecular complexity index is 460. The van der Waals surface area contributed by atoms with Crippen molar-refractivity contribution in [1.29, 1.82) is 0 Å². The fourth-order valence-corrected chi connectivity index (χ4v) is 1.79. The van der Waals surface area contributed by atoms with Gasteiger partial charge in [0.1, 0.15) is 11.4 Å². The Labute approximate surface area is 94.9 Å². The molecule has 7 heteroatoms. The van der Waals surface area contributed by atoms with E-state index in [0.29, 0.717) is 10.4 Å². The van der Waals surface area contributed by atoms with Crippen LogP contribution in [0.3, 0.4) is 0 Å². The molecule has 0 bridgehead atoms. The van der Waals surface area contributed by atoms with Crippen LogP contribution in [0.15, 0.2) is 17.0 Å². The van der Waals surface area contributed by atoms with Gasteiger partial charge in [-0.25, -0.2) is 14.6 Å². The predicted molar refractivity (Wildman–Crippen MR) is 59.3 cm³/mol. The van der Waals surface area contributed by atoms with Crippen LogP contribution in [-0.2, 0) is 7.05 Å². The van der Waals surface area contributed by atoms with E-state index in [1.54, 1.807) is 31.2 Å². The number of aromatic nitrogens is 5. The Hall–Kier alpha value is -1.50. The van der Waals surface area contributed by atoms with Crippen LogP contribution < -0.4 is 5.32 Å². The van der Waals surface area contributed by atoms with Gasteiger partial charge < -0.3 is 5.32 Å². The molecule has 0 atom stereocenters. The second kappa shape index (κ2) is 3.93. The summed E-state index contributed by atoms with van der Waals surface area (Å²) >= 11 is 3.33. The summed E-state index contributed by atoms with van der Waals surface area (Å²) in [5.74, 6) is 0.698. The summed E-state index contributed by atoms with van der Waals surface area (Å²) in [6, 6.07) is 0. The number of anilines is 1. The summed E-state index contributed by atoms with van der Waals surface area (Å²) in [6.45, 7) is 0. The maximum Gasteiger partial charge on any atom is 0.158 e. The van der Waals surface area contributed by atoms with Gasteiger partial charge in [0, 0.05) is 26.5 Å². The molecule has 0 saturated carbocycles. The maximum absolute atomic E-state index is 4.26. The van der Waals surface area contributed by atoms with Gasteiger partial charge in [-0.2, -0.15) is 0 Å². The van der Waals surface area contributed by atoms with Gasteiger partial charge in [-0.05, 0) is 15.9 Å². The molecule has 1 N–H and O–H groups in total. The average molecular weight is 269 g/mol. The first-order chi connectivity index (χ1) is 7.24. The summed E-state index contributed by atoms with van der Waals surface area (Å²) < 4.78 is 2.30. The minimum Gasteiger partial charge on any atom is -0.371 e. The first-order valence-corrected chi connectivity index (χ1v) is 5.07. The number of halogens is 1. The van der Waals surface area contributed by atoms with E-state index < -0.39 is 0 Å². The topological polar surface area (TPSA) is 68.5 Å². The molecule has 0 unspecified atom stereocenters. The van der Waals surface area contributed by atoms with Crippen LogP contribution in [0.4, 0.5) is 5.82 Å². The Morgan fingerprint density at radius 1 is 1.33 bits per heavy atom. The van der Waals surface area contributed by atoms with Gasteiger partial charge in [0.2, 0.25) is 0 Å². The lowest BCUT2D eigenvalue weighted by Crippen LogP contribution is -2.01. The Morgan fingerprint density at radius 3 is 2.67 bits per heavy atom. The Balaban J connectivity index is 2.63. The largest absolute Gasteiger partial charge is 0.371 e. The van der Waals surface area contributed by atoms with Crippen LogP contribution in [0.2, 0.25) is 0 Å². The fraction of sp³-hybridized carbons (Fsp3) is 0.250. The van der Waals surface area contributed by atoms with E-state index in [1.807, 2.05) is 0 Å². The molecule has 15 heavy (non-hydrogen) atoms. The summed E-state index contributed by atoms with van der Waals surface area (Å²) in [5, 5.41) is 10.8. The normalized spacial score (nSPS) is 10.3. The zero-order chi connectivity index (χ0) is 10.8. The van der Waals surface area contributed by atoms with Gasteiger partial charge >= 0.3 is 0 Å². The van der Waals surface area contributed by atoms with Gasteiger partial charge in [-0.15, -0.1) is 5.10 Å². The number of rotatable bonds is 2. The lowest BCUT2D eigenvalue weighted by molar-refractivity contribution is 0.718. The monoisotopic (exact) mass is 268 g/mol. The van der Waals surface area contributed by atoms with Crippen molar-refractivity contribution in [2.24, 2.45) is 7.05 Å². The minimum absolute atomic E-state index is 0.655. The summed E-state index contributed by atoms with van der Waals surface area (Å²) in [4.78, 5) is 8.43. The molecule has 0 spiro atoms. The van der Waals surface area contributed by atoms with Gasteiger partial charge in [0.25, 0.3) is 0 Å². The number of aryl methyl sites for hydroxylation is 1. The van der Waals surface area contributed by atoms with Gasteiger partial charge in [0.15, 0.2) is 10.4 Å². The molecule has 78 valence electrons. The molecule has 0 aliphatic carbocycles. The molecule has 0 amide bonds. The van der Waals surface area contributed by atoms with E-state index >= 15 is 0 Å². The third-order valence-corrected chi connectivity index (χ3v) is 2.48. The highest BCUT2D eigenvalue weighted by molar-refractivity contribution is 9.10. The lowest BCUT2D eigenvalue weighted by atomic mass is 10.3. The van der Waals surface area contributed by atoms with Crippen LogP contribution >= 0.6 is 15.9 Å². The second-order valence-electron chi connectivity index (χ2n) is 2.86. The first kappa shape index (κ1) is 10.0. The van der Waals surface area contributed by atoms with Gasteiger partial charge in [-0.1, -0.05) is 5.21 Å². The van der Waals surface area contributed by atoms with Crippen LogP contribution in [0, 0.1) is 0 Å². The molecule has 0 aliphatic heterocycles. The molecule has 2 heterocycles. The molecule has 2 rings (SSSR count). The number of nitrogens with one attached hydrogen (secondary N) is 1. The molecule has 0 fully saturated rings. The number of hydrogen-bond acceptors (Lipinski definition) is 5. The zero-order valence-electron chi connectivity index (χ0n) is 8.27. The van der Waals surface area contributed by atoms with E-state index in [9.17, 15) is 0 Å². The summed E-state index contributed by atoms with van der Waals surface area (Å²) in [6.07, 6.45) is 3.27. The SMILES string of the molecule is CNc1nccnc1-c1c(Br)nnn1C. The van der Waals surface area contributed by atoms with E-state index in [0.717, 1.165) is 11.4 Å². The Morgan fingerprint density at radius 2 is 2.07 bits per heavy atom. The standard InChI is InChI=1S/C8H9BrN6/c1-10-8-5(11-3-4-12-8)6-7(9)13-14-15(6)2/h3-4H,1-2H3,(H,10,12). The van der Waals surface area contributed by atoms with E-state index in [-0.39, 0.29) is 0 Å². The molecular formula is C8H9BrN6. The van der Waals surface area contributed by atoms with Crippen LogP contribution in [0.25, 0.3) is 11.4 Å². The molecule has 2 aromatic rings. The van der Waals surface area contributed by atoms with Gasteiger partial charge in [0.05, 0.1) is 0 Å². The summed E-state index contributed by atoms with van der Waals surface area (Å²) in [5.41, 5.74) is 1.52. The Kier molecular flexibility index (Phi) is 2.63. The molecule has 0 aliphatic rings. The van der Waals surface area contributed by atoms with Crippen LogP contribution in [0.5, 0.6) is 0 Å². The van der Waals surface area contributed by atoms with Crippen molar-refractivity contribution < 1.29 is 0 Å². The fourth-order valence-electron chi connectivity index (χ4n) is 1.28. The van der Waals surface area contributed by atoms with E-state index in [2.05, 4.69) is 41.5 Å². The van der Waals surface area contributed by atoms with Crippen molar-refractivity contribution in [3.63, 3.8) is 0 Å². The highest BCUT2D eigenvalue weighted by atomic mass is 79.9. The number of nitrogens with zero attached hydrogens (tertiary/aromatic N) is 5. The molecule has 2 aromatic heterocycles. The lowest BCUT2D eigenvalue weighted by Gasteiger charge is -2.05. The van der Waals surface area contributed by atoms with E-state index in [1.165, 1.54) is 0 Å². The molecule has 0 radical (unpaired) electrons. The van der Waals surface area contributed by atoms with Crippen LogP contribution in [0.1, 0.15) is 0 Å². The molecule has 6 nitrogen and oxygen atoms in total. The second-order valence-corrected chi connectivity index (χ2v) is 3.61. The zero-order valence-corrected chi connectivity index (χ0v) is 9.85.